The summed E-state index contributed by atoms with van der Waals surface area (Å²) in [6.07, 6.45) is 9.09. The molecule has 1 aromatic heterocycles. The Labute approximate surface area is 139 Å². The molecule has 2 aliphatic rings. The van der Waals surface area contributed by atoms with E-state index in [1.165, 1.54) is 11.1 Å². The van der Waals surface area contributed by atoms with Crippen molar-refractivity contribution in [3.05, 3.63) is 36.3 Å². The first-order chi connectivity index (χ1) is 10.9. The standard InChI is InChI=1S/C20H30O3/c1-14-11-17(22)18-19(2,13-21)8-4-9-20(18,3)16(14)6-5-15-7-10-23-12-15/h7,10,12,16-18,21-22H,1,4-6,8-9,11,13H2,2-3H3/t16-,17-,18-,19-,20+/m1/s1. The summed E-state index contributed by atoms with van der Waals surface area (Å²) in [6.45, 7) is 8.94. The predicted molar refractivity (Wildman–Crippen MR) is 90.9 cm³/mol. The van der Waals surface area contributed by atoms with E-state index in [9.17, 15) is 10.2 Å². The number of aliphatic hydroxyl groups is 2. The molecule has 2 N–H and O–H groups in total. The van der Waals surface area contributed by atoms with Crippen LogP contribution in [0.2, 0.25) is 0 Å². The fraction of sp³-hybridized carbons (Fsp3) is 0.700. The van der Waals surface area contributed by atoms with Gasteiger partial charge in [0.2, 0.25) is 0 Å². The molecule has 0 radical (unpaired) electrons. The van der Waals surface area contributed by atoms with Crippen molar-refractivity contribution in [2.24, 2.45) is 22.7 Å². The van der Waals surface area contributed by atoms with Crippen LogP contribution in [-0.2, 0) is 6.42 Å². The lowest BCUT2D eigenvalue weighted by Crippen LogP contribution is -2.57. The number of hydrogen-bond donors (Lipinski definition) is 2. The third kappa shape index (κ3) is 2.78. The van der Waals surface area contributed by atoms with Gasteiger partial charge in [-0.1, -0.05) is 32.4 Å². The molecule has 0 unspecified atom stereocenters. The van der Waals surface area contributed by atoms with Crippen molar-refractivity contribution >= 4 is 0 Å². The van der Waals surface area contributed by atoms with Crippen molar-refractivity contribution in [1.29, 1.82) is 0 Å². The number of hydrogen-bond acceptors (Lipinski definition) is 3. The quantitative estimate of drug-likeness (QED) is 0.826. The summed E-state index contributed by atoms with van der Waals surface area (Å²) in [4.78, 5) is 0. The van der Waals surface area contributed by atoms with Crippen LogP contribution >= 0.6 is 0 Å². The molecule has 0 aromatic carbocycles. The zero-order valence-corrected chi connectivity index (χ0v) is 14.4. The Bertz CT molecular complexity index is 549. The SMILES string of the molecule is C=C1C[C@@H](O)[C@@H]2[C@@](C)(CO)CCC[C@@]2(C)[C@@H]1CCc1ccoc1. The van der Waals surface area contributed by atoms with E-state index in [0.717, 1.165) is 32.1 Å². The van der Waals surface area contributed by atoms with E-state index in [0.29, 0.717) is 12.3 Å². The molecule has 2 aliphatic carbocycles. The Kier molecular flexibility index (Phi) is 4.45. The second kappa shape index (κ2) is 6.10. The lowest BCUT2D eigenvalue weighted by molar-refractivity contribution is -0.142. The van der Waals surface area contributed by atoms with Gasteiger partial charge in [0.15, 0.2) is 0 Å². The highest BCUT2D eigenvalue weighted by Gasteiger charge is 2.57. The number of furan rings is 1. The Balaban J connectivity index is 1.87. The molecule has 2 fully saturated rings. The summed E-state index contributed by atoms with van der Waals surface area (Å²) in [7, 11) is 0. The largest absolute Gasteiger partial charge is 0.472 e. The van der Waals surface area contributed by atoms with Crippen LogP contribution in [0.3, 0.4) is 0 Å². The summed E-state index contributed by atoms with van der Waals surface area (Å²) in [6, 6.07) is 2.03. The van der Waals surface area contributed by atoms with Gasteiger partial charge in [-0.3, -0.25) is 0 Å². The lowest BCUT2D eigenvalue weighted by atomic mass is 9.46. The van der Waals surface area contributed by atoms with E-state index < -0.39 is 0 Å². The highest BCUT2D eigenvalue weighted by Crippen LogP contribution is 2.61. The monoisotopic (exact) mass is 318 g/mol. The van der Waals surface area contributed by atoms with Gasteiger partial charge < -0.3 is 14.6 Å². The Morgan fingerprint density at radius 2 is 2.13 bits per heavy atom. The van der Waals surface area contributed by atoms with Crippen LogP contribution in [0.25, 0.3) is 0 Å². The van der Waals surface area contributed by atoms with Crippen molar-refractivity contribution in [3.63, 3.8) is 0 Å². The molecule has 128 valence electrons. The molecule has 0 aliphatic heterocycles. The average Bonchev–Trinajstić information content (AvgIpc) is 2.99. The van der Waals surface area contributed by atoms with Crippen LogP contribution < -0.4 is 0 Å². The maximum atomic E-state index is 10.8. The van der Waals surface area contributed by atoms with E-state index in [4.69, 9.17) is 4.42 Å². The number of aliphatic hydroxyl groups excluding tert-OH is 2. The van der Waals surface area contributed by atoms with Crippen molar-refractivity contribution in [3.8, 4) is 0 Å². The van der Waals surface area contributed by atoms with E-state index >= 15 is 0 Å². The smallest absolute Gasteiger partial charge is 0.0934 e. The third-order valence-corrected chi connectivity index (χ3v) is 6.73. The molecule has 0 bridgehead atoms. The Morgan fingerprint density at radius 3 is 2.78 bits per heavy atom. The second-order valence-electron chi connectivity index (χ2n) is 8.30. The van der Waals surface area contributed by atoms with Gasteiger partial charge >= 0.3 is 0 Å². The Morgan fingerprint density at radius 1 is 1.35 bits per heavy atom. The molecule has 3 heteroatoms. The van der Waals surface area contributed by atoms with E-state index in [1.807, 2.05) is 12.3 Å². The number of fused-ring (bicyclic) bond motifs is 1. The number of rotatable bonds is 4. The topological polar surface area (TPSA) is 53.6 Å². The van der Waals surface area contributed by atoms with E-state index in [1.54, 1.807) is 6.26 Å². The third-order valence-electron chi connectivity index (χ3n) is 6.73. The normalized spacial score (nSPS) is 40.9. The lowest BCUT2D eigenvalue weighted by Gasteiger charge is -2.60. The van der Waals surface area contributed by atoms with Gasteiger partial charge in [0, 0.05) is 6.61 Å². The highest BCUT2D eigenvalue weighted by molar-refractivity contribution is 5.20. The minimum absolute atomic E-state index is 0.0220. The van der Waals surface area contributed by atoms with Crippen LogP contribution in [0.4, 0.5) is 0 Å². The molecule has 1 aromatic rings. The minimum atomic E-state index is -0.380. The Hall–Kier alpha value is -1.06. The average molecular weight is 318 g/mol. The summed E-state index contributed by atoms with van der Waals surface area (Å²) >= 11 is 0. The van der Waals surface area contributed by atoms with Crippen molar-refractivity contribution in [1.82, 2.24) is 0 Å². The maximum absolute atomic E-state index is 10.8. The summed E-state index contributed by atoms with van der Waals surface area (Å²) in [5, 5.41) is 20.8. The fourth-order valence-corrected chi connectivity index (χ4v) is 5.73. The molecular formula is C20H30O3. The summed E-state index contributed by atoms with van der Waals surface area (Å²) in [5.41, 5.74) is 2.25. The molecule has 3 rings (SSSR count). The molecule has 1 heterocycles. The van der Waals surface area contributed by atoms with Crippen molar-refractivity contribution in [2.75, 3.05) is 6.61 Å². The molecule has 5 atom stereocenters. The van der Waals surface area contributed by atoms with Crippen LogP contribution in [0.1, 0.15) is 51.5 Å². The van der Waals surface area contributed by atoms with Gasteiger partial charge in [0.25, 0.3) is 0 Å². The van der Waals surface area contributed by atoms with Crippen LogP contribution in [-0.4, -0.2) is 22.9 Å². The molecule has 0 saturated heterocycles. The van der Waals surface area contributed by atoms with Gasteiger partial charge in [-0.25, -0.2) is 0 Å². The first-order valence-electron chi connectivity index (χ1n) is 8.88. The second-order valence-corrected chi connectivity index (χ2v) is 8.30. The molecule has 3 nitrogen and oxygen atoms in total. The first kappa shape index (κ1) is 16.8. The van der Waals surface area contributed by atoms with Crippen molar-refractivity contribution in [2.45, 2.75) is 58.5 Å². The summed E-state index contributed by atoms with van der Waals surface area (Å²) in [5.74, 6) is 0.547. The predicted octanol–water partition coefficient (Wildman–Crippen LogP) is 3.95. The van der Waals surface area contributed by atoms with Crippen LogP contribution in [0.15, 0.2) is 35.2 Å². The van der Waals surface area contributed by atoms with Gasteiger partial charge in [0.1, 0.15) is 0 Å². The zero-order chi connectivity index (χ0) is 16.7. The molecule has 2 saturated carbocycles. The molecule has 0 amide bonds. The van der Waals surface area contributed by atoms with E-state index in [2.05, 4.69) is 20.4 Å². The molecule has 23 heavy (non-hydrogen) atoms. The molecule has 0 spiro atoms. The molecular weight excluding hydrogens is 288 g/mol. The van der Waals surface area contributed by atoms with Crippen LogP contribution in [0, 0.1) is 22.7 Å². The van der Waals surface area contributed by atoms with Gasteiger partial charge in [-0.2, -0.15) is 0 Å². The first-order valence-corrected chi connectivity index (χ1v) is 8.88. The maximum Gasteiger partial charge on any atom is 0.0934 e. The minimum Gasteiger partial charge on any atom is -0.472 e. The fourth-order valence-electron chi connectivity index (χ4n) is 5.73. The van der Waals surface area contributed by atoms with E-state index in [-0.39, 0.29) is 29.5 Å². The number of aryl methyl sites for hydroxylation is 1. The van der Waals surface area contributed by atoms with Gasteiger partial charge in [-0.05, 0) is 66.4 Å². The van der Waals surface area contributed by atoms with Crippen molar-refractivity contribution < 1.29 is 14.6 Å². The van der Waals surface area contributed by atoms with Gasteiger partial charge in [0.05, 0.1) is 18.6 Å². The van der Waals surface area contributed by atoms with Gasteiger partial charge in [-0.15, -0.1) is 0 Å². The highest BCUT2D eigenvalue weighted by atomic mass is 16.3. The van der Waals surface area contributed by atoms with Crippen LogP contribution in [0.5, 0.6) is 0 Å². The summed E-state index contributed by atoms with van der Waals surface area (Å²) < 4.78 is 5.19. The zero-order valence-electron chi connectivity index (χ0n) is 14.4.